The molecule has 0 unspecified atom stereocenters. The predicted molar refractivity (Wildman–Crippen MR) is 43.9 cm³/mol. The Balaban J connectivity index is 3.07. The van der Waals surface area contributed by atoms with Crippen molar-refractivity contribution in [2.45, 2.75) is 33.0 Å². The maximum atomic E-state index is 5.28. The Morgan fingerprint density at radius 3 is 2.22 bits per heavy atom. The van der Waals surface area contributed by atoms with Crippen LogP contribution in [0.15, 0.2) is 0 Å². The van der Waals surface area contributed by atoms with Crippen LogP contribution in [0.25, 0.3) is 0 Å². The second-order valence-corrected chi connectivity index (χ2v) is 8.32. The molecule has 1 radical (unpaired) electrons. The first-order valence-corrected chi connectivity index (χ1v) is 7.10. The highest BCUT2D eigenvalue weighted by Gasteiger charge is 2.12. The van der Waals surface area contributed by atoms with Crippen LogP contribution < -0.4 is 0 Å². The van der Waals surface area contributed by atoms with Crippen LogP contribution in [0.3, 0.4) is 0 Å². The van der Waals surface area contributed by atoms with E-state index in [1.807, 2.05) is 6.23 Å². The van der Waals surface area contributed by atoms with Crippen LogP contribution in [-0.2, 0) is 4.74 Å². The van der Waals surface area contributed by atoms with E-state index in [1.165, 1.54) is 0 Å². The highest BCUT2D eigenvalue weighted by Crippen LogP contribution is 2.05. The summed E-state index contributed by atoms with van der Waals surface area (Å²) in [5.41, 5.74) is 0. The van der Waals surface area contributed by atoms with Gasteiger partial charge < -0.3 is 4.74 Å². The van der Waals surface area contributed by atoms with Gasteiger partial charge in [0.25, 0.3) is 0 Å². The van der Waals surface area contributed by atoms with Crippen molar-refractivity contribution in [3.8, 4) is 0 Å². The molecule has 0 aromatic carbocycles. The molecule has 55 valence electrons. The van der Waals surface area contributed by atoms with Crippen molar-refractivity contribution >= 4 is 8.07 Å². The first kappa shape index (κ1) is 9.18. The van der Waals surface area contributed by atoms with Gasteiger partial charge in [-0.3, -0.25) is 0 Å². The van der Waals surface area contributed by atoms with E-state index in [1.54, 1.807) is 0 Å². The zero-order valence-electron chi connectivity index (χ0n) is 6.90. The molecule has 0 aliphatic rings. The summed E-state index contributed by atoms with van der Waals surface area (Å²) in [6.45, 7) is 9.80. The molecular formula is C7H17OSi. The van der Waals surface area contributed by atoms with Crippen molar-refractivity contribution in [3.05, 3.63) is 6.23 Å². The monoisotopic (exact) mass is 145 g/mol. The van der Waals surface area contributed by atoms with Crippen LogP contribution in [-0.4, -0.2) is 14.7 Å². The molecule has 0 rings (SSSR count). The number of hydrogen-bond acceptors (Lipinski definition) is 1. The van der Waals surface area contributed by atoms with Crippen molar-refractivity contribution in [1.82, 2.24) is 0 Å². The van der Waals surface area contributed by atoms with E-state index in [0.717, 1.165) is 13.0 Å². The third-order valence-corrected chi connectivity index (χ3v) is 1.63. The summed E-state index contributed by atoms with van der Waals surface area (Å²) < 4.78 is 5.28. The molecule has 0 aliphatic carbocycles. The lowest BCUT2D eigenvalue weighted by Crippen LogP contribution is -2.22. The summed E-state index contributed by atoms with van der Waals surface area (Å²) >= 11 is 0. The zero-order valence-corrected chi connectivity index (χ0v) is 7.90. The second kappa shape index (κ2) is 4.07. The first-order valence-electron chi connectivity index (χ1n) is 3.52. The minimum atomic E-state index is -1.04. The van der Waals surface area contributed by atoms with E-state index in [-0.39, 0.29) is 0 Å². The van der Waals surface area contributed by atoms with E-state index in [0.29, 0.717) is 0 Å². The van der Waals surface area contributed by atoms with Gasteiger partial charge in [0, 0.05) is 6.61 Å². The van der Waals surface area contributed by atoms with E-state index in [9.17, 15) is 0 Å². The van der Waals surface area contributed by atoms with E-state index < -0.39 is 8.07 Å². The highest BCUT2D eigenvalue weighted by molar-refractivity contribution is 6.79. The van der Waals surface area contributed by atoms with Gasteiger partial charge in [-0.2, -0.15) is 0 Å². The van der Waals surface area contributed by atoms with Gasteiger partial charge in [-0.15, -0.1) is 0 Å². The third-order valence-electron chi connectivity index (χ3n) is 0.759. The fourth-order valence-corrected chi connectivity index (χ4v) is 1.04. The molecule has 1 nitrogen and oxygen atoms in total. The predicted octanol–water partition coefficient (Wildman–Crippen LogP) is 2.45. The molecule has 0 spiro atoms. The van der Waals surface area contributed by atoms with Crippen LogP contribution in [0.2, 0.25) is 19.6 Å². The summed E-state index contributed by atoms with van der Waals surface area (Å²) in [6, 6.07) is 0. The molecule has 0 heterocycles. The molecule has 0 amide bonds. The molecule has 0 aromatic rings. The van der Waals surface area contributed by atoms with Gasteiger partial charge in [0.2, 0.25) is 0 Å². The van der Waals surface area contributed by atoms with Crippen LogP contribution >= 0.6 is 0 Å². The van der Waals surface area contributed by atoms with Gasteiger partial charge in [-0.1, -0.05) is 26.6 Å². The summed E-state index contributed by atoms with van der Waals surface area (Å²) in [7, 11) is -1.04. The number of rotatable bonds is 4. The van der Waals surface area contributed by atoms with Gasteiger partial charge in [-0.25, -0.2) is 0 Å². The molecule has 0 saturated carbocycles. The Morgan fingerprint density at radius 2 is 1.89 bits per heavy atom. The molecule has 9 heavy (non-hydrogen) atoms. The van der Waals surface area contributed by atoms with Crippen molar-refractivity contribution in [2.24, 2.45) is 0 Å². The molecule has 2 heteroatoms. The minimum absolute atomic E-state index is 0.879. The third kappa shape index (κ3) is 8.18. The van der Waals surface area contributed by atoms with E-state index in [2.05, 4.69) is 26.6 Å². The van der Waals surface area contributed by atoms with Gasteiger partial charge in [0.15, 0.2) is 0 Å². The van der Waals surface area contributed by atoms with Gasteiger partial charge in [0.1, 0.15) is 0 Å². The van der Waals surface area contributed by atoms with E-state index in [4.69, 9.17) is 4.74 Å². The lowest BCUT2D eigenvalue weighted by molar-refractivity contribution is 0.224. The Hall–Kier alpha value is 0.177. The highest BCUT2D eigenvalue weighted by atomic mass is 28.3. The number of ether oxygens (including phenoxy) is 1. The fourth-order valence-electron chi connectivity index (χ4n) is 0.427. The van der Waals surface area contributed by atoms with Crippen molar-refractivity contribution < 1.29 is 4.74 Å². The molecular weight excluding hydrogens is 128 g/mol. The summed E-state index contributed by atoms with van der Waals surface area (Å²) in [4.78, 5) is 0. The lowest BCUT2D eigenvalue weighted by atomic mass is 10.5. The standard InChI is InChI=1S/C7H17OSi/c1-5-6-8-7-9(2,3)4/h7H,5-6H2,1-4H3. The SMILES string of the molecule is CCCO[CH][Si](C)(C)C. The topological polar surface area (TPSA) is 9.23 Å². The zero-order chi connectivity index (χ0) is 7.33. The average molecular weight is 145 g/mol. The molecule has 0 bridgehead atoms. The fraction of sp³-hybridized carbons (Fsp3) is 0.857. The van der Waals surface area contributed by atoms with Crippen LogP contribution in [0.4, 0.5) is 0 Å². The van der Waals surface area contributed by atoms with Crippen molar-refractivity contribution in [2.75, 3.05) is 6.61 Å². The molecule has 0 aliphatic heterocycles. The van der Waals surface area contributed by atoms with E-state index >= 15 is 0 Å². The largest absolute Gasteiger partial charge is 0.379 e. The smallest absolute Gasteiger partial charge is 0.0815 e. The normalized spacial score (nSPS) is 12.0. The Bertz CT molecular complexity index is 65.8. The van der Waals surface area contributed by atoms with Gasteiger partial charge in [0.05, 0.1) is 14.3 Å². The van der Waals surface area contributed by atoms with Crippen molar-refractivity contribution in [1.29, 1.82) is 0 Å². The lowest BCUT2D eigenvalue weighted by Gasteiger charge is -2.13. The number of hydrogen-bond donors (Lipinski definition) is 0. The Labute approximate surface area is 59.4 Å². The Morgan fingerprint density at radius 1 is 1.33 bits per heavy atom. The van der Waals surface area contributed by atoms with Crippen LogP contribution in [0.1, 0.15) is 13.3 Å². The quantitative estimate of drug-likeness (QED) is 0.436. The van der Waals surface area contributed by atoms with Crippen molar-refractivity contribution in [3.63, 3.8) is 0 Å². The Kier molecular flexibility index (Phi) is 4.15. The molecule has 0 saturated heterocycles. The van der Waals surface area contributed by atoms with Crippen LogP contribution in [0, 0.1) is 6.23 Å². The van der Waals surface area contributed by atoms with Gasteiger partial charge >= 0.3 is 0 Å². The minimum Gasteiger partial charge on any atom is -0.379 e. The average Bonchev–Trinajstić information content (AvgIpc) is 1.63. The summed E-state index contributed by atoms with van der Waals surface area (Å²) in [5, 5.41) is 0. The molecule has 0 aromatic heterocycles. The first-order chi connectivity index (χ1) is 4.06. The van der Waals surface area contributed by atoms with Gasteiger partial charge in [-0.05, 0) is 6.42 Å². The molecule has 0 fully saturated rings. The maximum Gasteiger partial charge on any atom is 0.0815 e. The summed E-state index contributed by atoms with van der Waals surface area (Å²) in [6.07, 6.45) is 3.15. The molecule has 0 atom stereocenters. The summed E-state index contributed by atoms with van der Waals surface area (Å²) in [5.74, 6) is 0. The molecule has 0 N–H and O–H groups in total. The maximum absolute atomic E-state index is 5.28. The second-order valence-electron chi connectivity index (χ2n) is 3.35. The van der Waals surface area contributed by atoms with Crippen LogP contribution in [0.5, 0.6) is 0 Å².